The summed E-state index contributed by atoms with van der Waals surface area (Å²) in [6.45, 7) is 2.76. The van der Waals surface area contributed by atoms with E-state index >= 15 is 0 Å². The van der Waals surface area contributed by atoms with E-state index in [9.17, 15) is 5.11 Å². The summed E-state index contributed by atoms with van der Waals surface area (Å²) in [5.41, 5.74) is 3.00. The van der Waals surface area contributed by atoms with Crippen LogP contribution in [0, 0.1) is 0 Å². The lowest BCUT2D eigenvalue weighted by atomic mass is 10.1. The molecule has 1 N–H and O–H groups in total. The number of nitrogens with zero attached hydrogens (tertiary/aromatic N) is 2. The lowest BCUT2D eigenvalue weighted by Gasteiger charge is -2.20. The summed E-state index contributed by atoms with van der Waals surface area (Å²) in [4.78, 5) is 6.46. The molecule has 2 rings (SSSR count). The number of halogens is 1. The Balaban J connectivity index is 2.07. The Morgan fingerprint density at radius 1 is 1.30 bits per heavy atom. The zero-order chi connectivity index (χ0) is 14.5. The number of aliphatic hydroxyl groups is 1. The fourth-order valence-electron chi connectivity index (χ4n) is 2.03. The highest BCUT2D eigenvalue weighted by molar-refractivity contribution is 9.10. The molecule has 20 heavy (non-hydrogen) atoms. The molecule has 1 aromatic carbocycles. The van der Waals surface area contributed by atoms with Crippen LogP contribution in [-0.4, -0.2) is 17.1 Å². The molecular formula is C16H19BrN2O. The van der Waals surface area contributed by atoms with Crippen molar-refractivity contribution in [3.63, 3.8) is 0 Å². The van der Waals surface area contributed by atoms with Crippen molar-refractivity contribution < 1.29 is 5.11 Å². The van der Waals surface area contributed by atoms with Crippen LogP contribution in [-0.2, 0) is 6.54 Å². The van der Waals surface area contributed by atoms with Gasteiger partial charge in [-0.3, -0.25) is 4.98 Å². The van der Waals surface area contributed by atoms with Crippen LogP contribution in [0.5, 0.6) is 0 Å². The molecule has 0 saturated heterocycles. The zero-order valence-corrected chi connectivity index (χ0v) is 13.3. The van der Waals surface area contributed by atoms with E-state index in [0.717, 1.165) is 22.4 Å². The van der Waals surface area contributed by atoms with Gasteiger partial charge < -0.3 is 10.0 Å². The van der Waals surface area contributed by atoms with E-state index in [-0.39, 0.29) is 0 Å². The monoisotopic (exact) mass is 334 g/mol. The summed E-state index contributed by atoms with van der Waals surface area (Å²) in [6.07, 6.45) is 2.02. The maximum Gasteiger partial charge on any atom is 0.0957 e. The van der Waals surface area contributed by atoms with Crippen LogP contribution in [0.4, 0.5) is 5.69 Å². The molecule has 1 atom stereocenters. The Bertz CT molecular complexity index is 557. The molecule has 0 spiro atoms. The van der Waals surface area contributed by atoms with Gasteiger partial charge in [-0.1, -0.05) is 35.0 Å². The van der Waals surface area contributed by atoms with Crippen molar-refractivity contribution in [2.75, 3.05) is 11.9 Å². The van der Waals surface area contributed by atoms with Gasteiger partial charge in [0.1, 0.15) is 0 Å². The SMILES string of the molecule is CC[C@@H](O)c1ccc(N(C)Cc2cccc(Br)c2)cn1. The van der Waals surface area contributed by atoms with Gasteiger partial charge in [-0.2, -0.15) is 0 Å². The molecule has 1 heterocycles. The largest absolute Gasteiger partial charge is 0.387 e. The molecule has 2 aromatic rings. The highest BCUT2D eigenvalue weighted by Crippen LogP contribution is 2.20. The van der Waals surface area contributed by atoms with Crippen molar-refractivity contribution in [1.29, 1.82) is 0 Å². The molecule has 0 aliphatic carbocycles. The number of anilines is 1. The second-order valence-corrected chi connectivity index (χ2v) is 5.77. The first-order valence-electron chi connectivity index (χ1n) is 6.69. The maximum atomic E-state index is 9.74. The second kappa shape index (κ2) is 6.86. The van der Waals surface area contributed by atoms with Gasteiger partial charge in [-0.25, -0.2) is 0 Å². The molecule has 0 radical (unpaired) electrons. The third-order valence-electron chi connectivity index (χ3n) is 3.25. The highest BCUT2D eigenvalue weighted by atomic mass is 79.9. The average Bonchev–Trinajstić information content (AvgIpc) is 2.46. The van der Waals surface area contributed by atoms with E-state index < -0.39 is 6.10 Å². The standard InChI is InChI=1S/C16H19BrN2O/c1-3-16(20)15-8-7-14(10-18-15)19(2)11-12-5-4-6-13(17)9-12/h4-10,16,20H,3,11H2,1-2H3/t16-/m1/s1. The fourth-order valence-corrected chi connectivity index (χ4v) is 2.48. The van der Waals surface area contributed by atoms with Crippen molar-refractivity contribution in [2.45, 2.75) is 26.0 Å². The van der Waals surface area contributed by atoms with Crippen molar-refractivity contribution in [3.05, 3.63) is 58.3 Å². The lowest BCUT2D eigenvalue weighted by molar-refractivity contribution is 0.169. The summed E-state index contributed by atoms with van der Waals surface area (Å²) in [5, 5.41) is 9.74. The number of hydrogen-bond donors (Lipinski definition) is 1. The summed E-state index contributed by atoms with van der Waals surface area (Å²) >= 11 is 3.48. The minimum Gasteiger partial charge on any atom is -0.387 e. The minimum absolute atomic E-state index is 0.473. The predicted molar refractivity (Wildman–Crippen MR) is 85.7 cm³/mol. The topological polar surface area (TPSA) is 36.4 Å². The van der Waals surface area contributed by atoms with Crippen LogP contribution in [0.25, 0.3) is 0 Å². The molecule has 106 valence electrons. The zero-order valence-electron chi connectivity index (χ0n) is 11.8. The number of hydrogen-bond acceptors (Lipinski definition) is 3. The highest BCUT2D eigenvalue weighted by Gasteiger charge is 2.08. The molecule has 0 fully saturated rings. The van der Waals surface area contributed by atoms with Gasteiger partial charge in [0, 0.05) is 18.1 Å². The van der Waals surface area contributed by atoms with Gasteiger partial charge in [-0.15, -0.1) is 0 Å². The molecule has 1 aromatic heterocycles. The Labute approximate surface area is 128 Å². The average molecular weight is 335 g/mol. The molecule has 0 aliphatic rings. The Morgan fingerprint density at radius 3 is 2.70 bits per heavy atom. The van der Waals surface area contributed by atoms with E-state index in [1.165, 1.54) is 5.56 Å². The molecule has 0 unspecified atom stereocenters. The van der Waals surface area contributed by atoms with Crippen molar-refractivity contribution >= 4 is 21.6 Å². The fraction of sp³-hybridized carbons (Fsp3) is 0.312. The van der Waals surface area contributed by atoms with Gasteiger partial charge in [0.2, 0.25) is 0 Å². The van der Waals surface area contributed by atoms with Crippen LogP contribution >= 0.6 is 15.9 Å². The van der Waals surface area contributed by atoms with Gasteiger partial charge >= 0.3 is 0 Å². The molecule has 0 saturated carbocycles. The van der Waals surface area contributed by atoms with Gasteiger partial charge in [0.25, 0.3) is 0 Å². The Morgan fingerprint density at radius 2 is 2.10 bits per heavy atom. The number of aromatic nitrogens is 1. The van der Waals surface area contributed by atoms with Crippen molar-refractivity contribution in [3.8, 4) is 0 Å². The first-order chi connectivity index (χ1) is 9.60. The van der Waals surface area contributed by atoms with Crippen LogP contribution < -0.4 is 4.90 Å². The first kappa shape index (κ1) is 15.0. The third-order valence-corrected chi connectivity index (χ3v) is 3.74. The van der Waals surface area contributed by atoms with Gasteiger partial charge in [-0.05, 0) is 36.2 Å². The summed E-state index contributed by atoms with van der Waals surface area (Å²) < 4.78 is 1.09. The molecular weight excluding hydrogens is 316 g/mol. The van der Waals surface area contributed by atoms with Crippen LogP contribution in [0.1, 0.15) is 30.7 Å². The summed E-state index contributed by atoms with van der Waals surface area (Å²) in [7, 11) is 2.04. The first-order valence-corrected chi connectivity index (χ1v) is 7.49. The summed E-state index contributed by atoms with van der Waals surface area (Å²) in [6, 6.07) is 12.2. The van der Waals surface area contributed by atoms with E-state index in [4.69, 9.17) is 0 Å². The lowest BCUT2D eigenvalue weighted by Crippen LogP contribution is -2.16. The van der Waals surface area contributed by atoms with Crippen molar-refractivity contribution in [2.24, 2.45) is 0 Å². The van der Waals surface area contributed by atoms with Crippen LogP contribution in [0.2, 0.25) is 0 Å². The number of aliphatic hydroxyl groups excluding tert-OH is 1. The van der Waals surface area contributed by atoms with Crippen molar-refractivity contribution in [1.82, 2.24) is 4.98 Å². The van der Waals surface area contributed by atoms with E-state index in [2.05, 4.69) is 37.9 Å². The van der Waals surface area contributed by atoms with E-state index in [1.807, 2.05) is 44.4 Å². The Hall–Kier alpha value is -1.39. The van der Waals surface area contributed by atoms with Crippen LogP contribution in [0.15, 0.2) is 47.1 Å². The van der Waals surface area contributed by atoms with Gasteiger partial charge in [0.15, 0.2) is 0 Å². The minimum atomic E-state index is -0.473. The molecule has 0 aliphatic heterocycles. The quantitative estimate of drug-likeness (QED) is 0.900. The smallest absolute Gasteiger partial charge is 0.0957 e. The maximum absolute atomic E-state index is 9.74. The van der Waals surface area contributed by atoms with E-state index in [1.54, 1.807) is 0 Å². The number of benzene rings is 1. The second-order valence-electron chi connectivity index (χ2n) is 4.85. The van der Waals surface area contributed by atoms with Crippen LogP contribution in [0.3, 0.4) is 0 Å². The summed E-state index contributed by atoms with van der Waals surface area (Å²) in [5.74, 6) is 0. The number of rotatable bonds is 5. The normalized spacial score (nSPS) is 12.2. The molecule has 4 heteroatoms. The Kier molecular flexibility index (Phi) is 5.15. The molecule has 3 nitrogen and oxygen atoms in total. The van der Waals surface area contributed by atoms with Gasteiger partial charge in [0.05, 0.1) is 23.7 Å². The third kappa shape index (κ3) is 3.81. The molecule has 0 bridgehead atoms. The number of pyridine rings is 1. The molecule has 0 amide bonds. The predicted octanol–water partition coefficient (Wildman–Crippen LogP) is 3.92. The van der Waals surface area contributed by atoms with E-state index in [0.29, 0.717) is 6.42 Å².